The number of benzene rings is 1. The van der Waals surface area contributed by atoms with Crippen LogP contribution < -0.4 is 26.4 Å². The first-order chi connectivity index (χ1) is 15.2. The molecule has 8 nitrogen and oxygen atoms in total. The van der Waals surface area contributed by atoms with Crippen molar-refractivity contribution in [2.75, 3.05) is 37.7 Å². The highest BCUT2D eigenvalue weighted by Crippen LogP contribution is 2.32. The second kappa shape index (κ2) is 8.92. The van der Waals surface area contributed by atoms with Crippen LogP contribution in [-0.4, -0.2) is 55.9 Å². The molecule has 3 aliphatic heterocycles. The highest BCUT2D eigenvalue weighted by Gasteiger charge is 2.41. The Balaban J connectivity index is 1.23. The number of morpholine rings is 1. The predicted molar refractivity (Wildman–Crippen MR) is 119 cm³/mol. The maximum absolute atomic E-state index is 12.9. The van der Waals surface area contributed by atoms with E-state index in [-0.39, 0.29) is 24.2 Å². The van der Waals surface area contributed by atoms with E-state index in [2.05, 4.69) is 38.3 Å². The molecular weight excluding hydrogens is 392 g/mol. The number of fused-ring (bicyclic) bond motifs is 1. The smallest absolute Gasteiger partial charge is 0.252 e. The number of carbonyl (C=O) groups excluding carboxylic acids is 1. The van der Waals surface area contributed by atoms with E-state index in [1.807, 2.05) is 42.7 Å². The van der Waals surface area contributed by atoms with Crippen LogP contribution in [0.15, 0.2) is 42.7 Å². The second-order valence-electron chi connectivity index (χ2n) is 8.59. The summed E-state index contributed by atoms with van der Waals surface area (Å²) in [7, 11) is 0. The average Bonchev–Trinajstić information content (AvgIpc) is 3.22. The maximum atomic E-state index is 12.9. The number of hydrogen-bond acceptors (Lipinski definition) is 7. The third kappa shape index (κ3) is 4.29. The number of hydrogen-bond donors (Lipinski definition) is 4. The molecular formula is C23H30N6O2. The van der Waals surface area contributed by atoms with Gasteiger partial charge in [0.1, 0.15) is 0 Å². The summed E-state index contributed by atoms with van der Waals surface area (Å²) in [6, 6.07) is 10.4. The summed E-state index contributed by atoms with van der Waals surface area (Å²) < 4.78 is 5.42. The summed E-state index contributed by atoms with van der Waals surface area (Å²) >= 11 is 0. The summed E-state index contributed by atoms with van der Waals surface area (Å²) in [5.74, 6) is 0.239. The van der Waals surface area contributed by atoms with Crippen molar-refractivity contribution >= 4 is 11.6 Å². The van der Waals surface area contributed by atoms with E-state index in [1.54, 1.807) is 0 Å². The van der Waals surface area contributed by atoms with Crippen LogP contribution in [0, 0.1) is 12.8 Å². The Morgan fingerprint density at radius 1 is 1.16 bits per heavy atom. The van der Waals surface area contributed by atoms with Gasteiger partial charge in [-0.05, 0) is 54.8 Å². The molecule has 0 radical (unpaired) electrons. The number of carbonyl (C=O) groups is 1. The standard InChI is InChI=1S/C23H30N6O2/c1-15-6-7-24-13-19(15)20-12-18-21(14-25-20)27-28-22(18)26-23(30)16-2-4-17(5-3-16)29-8-10-31-11-9-29/h2-7,13,18,20-22,25,27-28H,8-12,14H2,1H3,(H,26,30). The van der Waals surface area contributed by atoms with E-state index in [9.17, 15) is 4.79 Å². The van der Waals surface area contributed by atoms with E-state index in [0.29, 0.717) is 11.5 Å². The minimum Gasteiger partial charge on any atom is -0.378 e. The summed E-state index contributed by atoms with van der Waals surface area (Å²) in [5, 5.41) is 6.81. The first-order valence-electron chi connectivity index (χ1n) is 11.1. The first kappa shape index (κ1) is 20.4. The highest BCUT2D eigenvalue weighted by molar-refractivity contribution is 5.94. The maximum Gasteiger partial charge on any atom is 0.252 e. The number of amides is 1. The van der Waals surface area contributed by atoms with Gasteiger partial charge in [-0.25, -0.2) is 5.43 Å². The molecule has 1 amide bonds. The van der Waals surface area contributed by atoms with Crippen LogP contribution in [0.5, 0.6) is 0 Å². The van der Waals surface area contributed by atoms with Gasteiger partial charge >= 0.3 is 0 Å². The van der Waals surface area contributed by atoms with Gasteiger partial charge in [0.15, 0.2) is 0 Å². The molecule has 3 aliphatic rings. The lowest BCUT2D eigenvalue weighted by molar-refractivity contribution is 0.0913. The number of anilines is 1. The molecule has 0 bridgehead atoms. The molecule has 1 aromatic heterocycles. The number of ether oxygens (including phenoxy) is 1. The lowest BCUT2D eigenvalue weighted by Crippen LogP contribution is -2.49. The quantitative estimate of drug-likeness (QED) is 0.587. The van der Waals surface area contributed by atoms with Gasteiger partial charge in [-0.3, -0.25) is 15.2 Å². The van der Waals surface area contributed by atoms with Gasteiger partial charge < -0.3 is 20.3 Å². The minimum atomic E-state index is -0.113. The van der Waals surface area contributed by atoms with E-state index in [4.69, 9.17) is 4.74 Å². The fourth-order valence-electron chi connectivity index (χ4n) is 4.86. The number of aryl methyl sites for hydroxylation is 1. The molecule has 4 heterocycles. The van der Waals surface area contributed by atoms with Crippen LogP contribution in [0.1, 0.15) is 33.9 Å². The number of hydrazine groups is 1. The predicted octanol–water partition coefficient (Wildman–Crippen LogP) is 1.11. The van der Waals surface area contributed by atoms with Crippen LogP contribution in [0.2, 0.25) is 0 Å². The van der Waals surface area contributed by atoms with E-state index in [1.165, 1.54) is 11.1 Å². The zero-order chi connectivity index (χ0) is 21.2. The Kier molecular flexibility index (Phi) is 5.87. The highest BCUT2D eigenvalue weighted by atomic mass is 16.5. The average molecular weight is 423 g/mol. The van der Waals surface area contributed by atoms with Gasteiger partial charge in [0, 0.05) is 61.3 Å². The number of piperidine rings is 1. The molecule has 5 rings (SSSR count). The summed E-state index contributed by atoms with van der Waals surface area (Å²) in [5.41, 5.74) is 10.9. The molecule has 2 aromatic rings. The van der Waals surface area contributed by atoms with E-state index < -0.39 is 0 Å². The molecule has 1 aromatic carbocycles. The van der Waals surface area contributed by atoms with Crippen molar-refractivity contribution in [3.63, 3.8) is 0 Å². The molecule has 4 atom stereocenters. The van der Waals surface area contributed by atoms with Crippen LogP contribution in [0.4, 0.5) is 5.69 Å². The largest absolute Gasteiger partial charge is 0.378 e. The van der Waals surface area contributed by atoms with Crippen LogP contribution in [0.25, 0.3) is 0 Å². The number of aromatic nitrogens is 1. The number of rotatable bonds is 4. The molecule has 8 heteroatoms. The van der Waals surface area contributed by atoms with E-state index >= 15 is 0 Å². The van der Waals surface area contributed by atoms with Gasteiger partial charge in [-0.1, -0.05) is 0 Å². The summed E-state index contributed by atoms with van der Waals surface area (Å²) in [4.78, 5) is 19.5. The zero-order valence-electron chi connectivity index (χ0n) is 17.8. The molecule has 0 saturated carbocycles. The van der Waals surface area contributed by atoms with Crippen molar-refractivity contribution in [2.45, 2.75) is 31.6 Å². The Bertz CT molecular complexity index is 915. The SMILES string of the molecule is Cc1ccncc1C1CC2C(CN1)NNC2NC(=O)c1ccc(N2CCOCC2)cc1. The molecule has 0 aliphatic carbocycles. The minimum absolute atomic E-state index is 0.0545. The fraction of sp³-hybridized carbons (Fsp3) is 0.478. The number of pyridine rings is 1. The van der Waals surface area contributed by atoms with Gasteiger partial charge in [-0.15, -0.1) is 0 Å². The fourth-order valence-corrected chi connectivity index (χ4v) is 4.86. The number of nitrogens with one attached hydrogen (secondary N) is 4. The monoisotopic (exact) mass is 422 g/mol. The Morgan fingerprint density at radius 2 is 1.97 bits per heavy atom. The van der Waals surface area contributed by atoms with Gasteiger partial charge in [0.2, 0.25) is 0 Å². The van der Waals surface area contributed by atoms with Gasteiger partial charge in [0.25, 0.3) is 5.91 Å². The van der Waals surface area contributed by atoms with Crippen molar-refractivity contribution in [2.24, 2.45) is 5.92 Å². The van der Waals surface area contributed by atoms with Crippen molar-refractivity contribution in [1.82, 2.24) is 26.5 Å². The molecule has 0 spiro atoms. The third-order valence-corrected chi connectivity index (χ3v) is 6.71. The summed E-state index contributed by atoms with van der Waals surface area (Å²) in [6.45, 7) is 6.24. The van der Waals surface area contributed by atoms with Crippen molar-refractivity contribution in [3.8, 4) is 0 Å². The van der Waals surface area contributed by atoms with Crippen LogP contribution >= 0.6 is 0 Å². The topological polar surface area (TPSA) is 90.6 Å². The molecule has 4 N–H and O–H groups in total. The third-order valence-electron chi connectivity index (χ3n) is 6.71. The molecule has 4 unspecified atom stereocenters. The molecule has 164 valence electrons. The first-order valence-corrected chi connectivity index (χ1v) is 11.1. The normalized spacial score (nSPS) is 28.2. The molecule has 31 heavy (non-hydrogen) atoms. The van der Waals surface area contributed by atoms with Gasteiger partial charge in [0.05, 0.1) is 19.4 Å². The van der Waals surface area contributed by atoms with Crippen molar-refractivity contribution in [1.29, 1.82) is 0 Å². The Hall–Kier alpha value is -2.52. The van der Waals surface area contributed by atoms with Crippen molar-refractivity contribution < 1.29 is 9.53 Å². The van der Waals surface area contributed by atoms with Crippen molar-refractivity contribution in [3.05, 3.63) is 59.4 Å². The Labute approximate surface area is 182 Å². The zero-order valence-corrected chi connectivity index (χ0v) is 17.8. The Morgan fingerprint density at radius 3 is 2.74 bits per heavy atom. The molecule has 3 fully saturated rings. The number of nitrogens with zero attached hydrogens (tertiary/aromatic N) is 2. The lowest BCUT2D eigenvalue weighted by atomic mass is 9.84. The van der Waals surface area contributed by atoms with Gasteiger partial charge in [-0.2, -0.15) is 0 Å². The molecule has 3 saturated heterocycles. The van der Waals surface area contributed by atoms with E-state index in [0.717, 1.165) is 45.0 Å². The van der Waals surface area contributed by atoms with Crippen LogP contribution in [0.3, 0.4) is 0 Å². The van der Waals surface area contributed by atoms with Crippen LogP contribution in [-0.2, 0) is 4.74 Å². The second-order valence-corrected chi connectivity index (χ2v) is 8.59. The lowest BCUT2D eigenvalue weighted by Gasteiger charge is -2.35. The summed E-state index contributed by atoms with van der Waals surface area (Å²) in [6.07, 6.45) is 4.60.